The number of rotatable bonds is 6. The summed E-state index contributed by atoms with van der Waals surface area (Å²) in [4.78, 5) is 0. The largest absolute Gasteiger partial charge is 0.316 e. The summed E-state index contributed by atoms with van der Waals surface area (Å²) in [7, 11) is 1.98. The minimum atomic E-state index is 0.965. The van der Waals surface area contributed by atoms with Crippen LogP contribution in [0.25, 0.3) is 5.57 Å². The molecule has 1 N–H and O–H groups in total. The van der Waals surface area contributed by atoms with E-state index in [1.807, 2.05) is 7.05 Å². The van der Waals surface area contributed by atoms with Crippen molar-refractivity contribution in [3.05, 3.63) is 53.6 Å². The highest BCUT2D eigenvalue weighted by Gasteiger charge is 1.93. The number of nitrogens with one attached hydrogen (secondary N) is 1. The molecule has 1 aromatic rings. The van der Waals surface area contributed by atoms with Crippen molar-refractivity contribution in [3.8, 4) is 0 Å². The summed E-state index contributed by atoms with van der Waals surface area (Å²) in [6.45, 7) is 5.35. The van der Waals surface area contributed by atoms with Gasteiger partial charge in [0.15, 0.2) is 0 Å². The number of hydrogen-bond donors (Lipinski definition) is 1. The van der Waals surface area contributed by atoms with E-state index >= 15 is 0 Å². The summed E-state index contributed by atoms with van der Waals surface area (Å²) in [5.41, 5.74) is 4.15. The molecule has 17 heavy (non-hydrogen) atoms. The number of benzene rings is 1. The SMILES string of the molecule is CNCC=C(C)CCC=C(C)c1ccccc1. The maximum Gasteiger partial charge on any atom is 0.0134 e. The van der Waals surface area contributed by atoms with Crippen molar-refractivity contribution < 1.29 is 0 Å². The van der Waals surface area contributed by atoms with Gasteiger partial charge in [0, 0.05) is 6.54 Å². The van der Waals surface area contributed by atoms with Gasteiger partial charge >= 0.3 is 0 Å². The quantitative estimate of drug-likeness (QED) is 0.726. The Bertz CT molecular complexity index is 374. The van der Waals surface area contributed by atoms with Crippen LogP contribution in [0.15, 0.2) is 48.1 Å². The normalized spacial score (nSPS) is 12.9. The molecule has 1 rings (SSSR count). The van der Waals surface area contributed by atoms with Crippen molar-refractivity contribution in [2.75, 3.05) is 13.6 Å². The van der Waals surface area contributed by atoms with E-state index in [1.165, 1.54) is 16.7 Å². The van der Waals surface area contributed by atoms with Crippen LogP contribution >= 0.6 is 0 Å². The molecular formula is C16H23N. The minimum absolute atomic E-state index is 0.965. The topological polar surface area (TPSA) is 12.0 Å². The molecule has 0 atom stereocenters. The van der Waals surface area contributed by atoms with Gasteiger partial charge in [-0.25, -0.2) is 0 Å². The van der Waals surface area contributed by atoms with E-state index < -0.39 is 0 Å². The van der Waals surface area contributed by atoms with Gasteiger partial charge in [0.25, 0.3) is 0 Å². The zero-order valence-corrected chi connectivity index (χ0v) is 11.2. The lowest BCUT2D eigenvalue weighted by Crippen LogP contribution is -2.04. The third-order valence-corrected chi connectivity index (χ3v) is 2.87. The fourth-order valence-electron chi connectivity index (χ4n) is 1.71. The Kier molecular flexibility index (Phi) is 6.34. The number of allylic oxidation sites excluding steroid dienone is 3. The smallest absolute Gasteiger partial charge is 0.0134 e. The monoisotopic (exact) mass is 229 g/mol. The van der Waals surface area contributed by atoms with Crippen LogP contribution in [0.2, 0.25) is 0 Å². The minimum Gasteiger partial charge on any atom is -0.316 e. The molecule has 0 unspecified atom stereocenters. The molecular weight excluding hydrogens is 206 g/mol. The molecule has 0 heterocycles. The van der Waals surface area contributed by atoms with Gasteiger partial charge in [-0.3, -0.25) is 0 Å². The van der Waals surface area contributed by atoms with E-state index in [0.717, 1.165) is 19.4 Å². The Morgan fingerprint density at radius 1 is 1.12 bits per heavy atom. The molecule has 0 bridgehead atoms. The average Bonchev–Trinajstić information content (AvgIpc) is 2.37. The summed E-state index contributed by atoms with van der Waals surface area (Å²) in [5, 5.41) is 3.13. The Hall–Kier alpha value is -1.34. The van der Waals surface area contributed by atoms with Crippen LogP contribution in [0.4, 0.5) is 0 Å². The molecule has 0 saturated heterocycles. The van der Waals surface area contributed by atoms with Gasteiger partial charge in [-0.15, -0.1) is 0 Å². The predicted molar refractivity (Wildman–Crippen MR) is 77.0 cm³/mol. The van der Waals surface area contributed by atoms with Crippen molar-refractivity contribution >= 4 is 5.57 Å². The second-order valence-corrected chi connectivity index (χ2v) is 4.40. The zero-order chi connectivity index (χ0) is 12.5. The van der Waals surface area contributed by atoms with Gasteiger partial charge in [-0.2, -0.15) is 0 Å². The van der Waals surface area contributed by atoms with Crippen LogP contribution < -0.4 is 5.32 Å². The van der Waals surface area contributed by atoms with Gasteiger partial charge in [0.1, 0.15) is 0 Å². The van der Waals surface area contributed by atoms with Gasteiger partial charge < -0.3 is 5.32 Å². The highest BCUT2D eigenvalue weighted by Crippen LogP contribution is 2.15. The van der Waals surface area contributed by atoms with Crippen LogP contribution in [-0.2, 0) is 0 Å². The fourth-order valence-corrected chi connectivity index (χ4v) is 1.71. The first kappa shape index (κ1) is 13.7. The first-order chi connectivity index (χ1) is 8.24. The molecule has 0 fully saturated rings. The van der Waals surface area contributed by atoms with E-state index in [0.29, 0.717) is 0 Å². The highest BCUT2D eigenvalue weighted by molar-refractivity contribution is 5.63. The lowest BCUT2D eigenvalue weighted by Gasteiger charge is -2.02. The van der Waals surface area contributed by atoms with Gasteiger partial charge in [-0.05, 0) is 44.9 Å². The highest BCUT2D eigenvalue weighted by atomic mass is 14.8. The molecule has 0 aliphatic heterocycles. The summed E-state index contributed by atoms with van der Waals surface area (Å²) in [6.07, 6.45) is 6.84. The van der Waals surface area contributed by atoms with E-state index in [2.05, 4.69) is 61.6 Å². The lowest BCUT2D eigenvalue weighted by molar-refractivity contribution is 0.892. The second kappa shape index (κ2) is 7.86. The number of likely N-dealkylation sites (N-methyl/N-ethyl adjacent to an activating group) is 1. The van der Waals surface area contributed by atoms with Crippen molar-refractivity contribution in [1.29, 1.82) is 0 Å². The first-order valence-corrected chi connectivity index (χ1v) is 6.26. The molecule has 1 heteroatoms. The molecule has 0 aromatic heterocycles. The van der Waals surface area contributed by atoms with Crippen LogP contribution in [0.3, 0.4) is 0 Å². The molecule has 92 valence electrons. The van der Waals surface area contributed by atoms with Crippen LogP contribution in [0.5, 0.6) is 0 Å². The fraction of sp³-hybridized carbons (Fsp3) is 0.375. The lowest BCUT2D eigenvalue weighted by atomic mass is 10.0. The third kappa shape index (κ3) is 5.50. The zero-order valence-electron chi connectivity index (χ0n) is 11.2. The van der Waals surface area contributed by atoms with Crippen molar-refractivity contribution in [3.63, 3.8) is 0 Å². The number of hydrogen-bond acceptors (Lipinski definition) is 1. The maximum absolute atomic E-state index is 3.13. The first-order valence-electron chi connectivity index (χ1n) is 6.26. The van der Waals surface area contributed by atoms with Crippen LogP contribution in [-0.4, -0.2) is 13.6 Å². The van der Waals surface area contributed by atoms with Crippen LogP contribution in [0.1, 0.15) is 32.3 Å². The molecule has 0 spiro atoms. The average molecular weight is 229 g/mol. The van der Waals surface area contributed by atoms with Crippen molar-refractivity contribution in [1.82, 2.24) is 5.32 Å². The molecule has 0 saturated carbocycles. The van der Waals surface area contributed by atoms with Gasteiger partial charge in [-0.1, -0.05) is 48.1 Å². The maximum atomic E-state index is 3.13. The molecule has 1 aromatic carbocycles. The third-order valence-electron chi connectivity index (χ3n) is 2.87. The van der Waals surface area contributed by atoms with E-state index in [1.54, 1.807) is 0 Å². The predicted octanol–water partition coefficient (Wildman–Crippen LogP) is 4.04. The Morgan fingerprint density at radius 2 is 1.82 bits per heavy atom. The van der Waals surface area contributed by atoms with Gasteiger partial charge in [0.2, 0.25) is 0 Å². The summed E-state index contributed by atoms with van der Waals surface area (Å²) in [5.74, 6) is 0. The summed E-state index contributed by atoms with van der Waals surface area (Å²) in [6, 6.07) is 10.6. The molecule has 1 nitrogen and oxygen atoms in total. The van der Waals surface area contributed by atoms with Gasteiger partial charge in [0.05, 0.1) is 0 Å². The summed E-state index contributed by atoms with van der Waals surface area (Å²) >= 11 is 0. The van der Waals surface area contributed by atoms with Crippen molar-refractivity contribution in [2.45, 2.75) is 26.7 Å². The van der Waals surface area contributed by atoms with E-state index in [9.17, 15) is 0 Å². The van der Waals surface area contributed by atoms with Crippen molar-refractivity contribution in [2.24, 2.45) is 0 Å². The molecule has 0 amide bonds. The Morgan fingerprint density at radius 3 is 2.47 bits per heavy atom. The van der Waals surface area contributed by atoms with E-state index in [-0.39, 0.29) is 0 Å². The van der Waals surface area contributed by atoms with Crippen LogP contribution in [0, 0.1) is 0 Å². The molecule has 0 radical (unpaired) electrons. The van der Waals surface area contributed by atoms with E-state index in [4.69, 9.17) is 0 Å². The second-order valence-electron chi connectivity index (χ2n) is 4.40. The molecule has 0 aliphatic carbocycles. The molecule has 0 aliphatic rings. The Labute approximate surface area is 105 Å². The summed E-state index contributed by atoms with van der Waals surface area (Å²) < 4.78 is 0. The Balaban J connectivity index is 2.44. The standard InChI is InChI=1S/C16H23N/c1-14(12-13-17-3)8-7-9-15(2)16-10-5-4-6-11-16/h4-6,9-12,17H,7-8,13H2,1-3H3.